The van der Waals surface area contributed by atoms with E-state index in [1.54, 1.807) is 0 Å². The summed E-state index contributed by atoms with van der Waals surface area (Å²) in [7, 11) is 0. The molecule has 0 unspecified atom stereocenters. The zero-order valence-electron chi connectivity index (χ0n) is 16.9. The predicted octanol–water partition coefficient (Wildman–Crippen LogP) is 2.07. The lowest BCUT2D eigenvalue weighted by Gasteiger charge is -2.34. The highest BCUT2D eigenvalue weighted by molar-refractivity contribution is 5.78. The van der Waals surface area contributed by atoms with Gasteiger partial charge in [-0.1, -0.05) is 60.7 Å². The number of hydrogen-bond acceptors (Lipinski definition) is 4. The number of rotatable bonds is 8. The standard InChI is InChI=1S/C23H29N3O3/c1-2-24-21(27)17-25-13-15-26(16-14-25)22(28)18-29-23(19-9-5-3-6-10-19)20-11-7-4-8-12-20/h3-12,23H,2,13-18H2,1H3,(H,24,27). The van der Waals surface area contributed by atoms with Gasteiger partial charge in [0.2, 0.25) is 11.8 Å². The number of benzene rings is 2. The fraction of sp³-hybridized carbons (Fsp3) is 0.391. The summed E-state index contributed by atoms with van der Waals surface area (Å²) in [6.45, 7) is 5.59. The van der Waals surface area contributed by atoms with Crippen LogP contribution in [0.25, 0.3) is 0 Å². The van der Waals surface area contributed by atoms with Gasteiger partial charge in [0.25, 0.3) is 0 Å². The molecule has 2 amide bonds. The summed E-state index contributed by atoms with van der Waals surface area (Å²) >= 11 is 0. The predicted molar refractivity (Wildman–Crippen MR) is 112 cm³/mol. The van der Waals surface area contributed by atoms with Crippen molar-refractivity contribution in [2.24, 2.45) is 0 Å². The van der Waals surface area contributed by atoms with Crippen LogP contribution in [0.4, 0.5) is 0 Å². The molecule has 29 heavy (non-hydrogen) atoms. The van der Waals surface area contributed by atoms with Gasteiger partial charge in [0.1, 0.15) is 12.7 Å². The maximum absolute atomic E-state index is 12.7. The number of nitrogens with zero attached hydrogens (tertiary/aromatic N) is 2. The molecule has 0 spiro atoms. The first-order valence-corrected chi connectivity index (χ1v) is 10.2. The van der Waals surface area contributed by atoms with Crippen LogP contribution in [-0.2, 0) is 14.3 Å². The quantitative estimate of drug-likeness (QED) is 0.743. The number of nitrogens with one attached hydrogen (secondary N) is 1. The van der Waals surface area contributed by atoms with E-state index >= 15 is 0 Å². The van der Waals surface area contributed by atoms with Crippen molar-refractivity contribution in [1.29, 1.82) is 0 Å². The minimum Gasteiger partial charge on any atom is -0.359 e. The van der Waals surface area contributed by atoms with E-state index in [2.05, 4.69) is 10.2 Å². The number of likely N-dealkylation sites (N-methyl/N-ethyl adjacent to an activating group) is 1. The van der Waals surface area contributed by atoms with Crippen LogP contribution in [0.3, 0.4) is 0 Å². The summed E-state index contributed by atoms with van der Waals surface area (Å²) < 4.78 is 6.08. The van der Waals surface area contributed by atoms with Crippen LogP contribution in [0.5, 0.6) is 0 Å². The molecule has 1 heterocycles. The van der Waals surface area contributed by atoms with Crippen LogP contribution < -0.4 is 5.32 Å². The third kappa shape index (κ3) is 6.14. The van der Waals surface area contributed by atoms with Gasteiger partial charge in [-0.05, 0) is 18.1 Å². The van der Waals surface area contributed by atoms with Crippen LogP contribution in [0, 0.1) is 0 Å². The number of piperazine rings is 1. The van der Waals surface area contributed by atoms with Crippen molar-refractivity contribution < 1.29 is 14.3 Å². The molecule has 1 N–H and O–H groups in total. The van der Waals surface area contributed by atoms with Crippen molar-refractivity contribution in [1.82, 2.24) is 15.1 Å². The van der Waals surface area contributed by atoms with Gasteiger partial charge in [-0.15, -0.1) is 0 Å². The van der Waals surface area contributed by atoms with Crippen LogP contribution in [0.1, 0.15) is 24.2 Å². The molecule has 2 aromatic rings. The second-order valence-electron chi connectivity index (χ2n) is 7.12. The van der Waals surface area contributed by atoms with E-state index in [0.29, 0.717) is 39.3 Å². The fourth-order valence-corrected chi connectivity index (χ4v) is 3.50. The molecule has 0 aromatic heterocycles. The summed E-state index contributed by atoms with van der Waals surface area (Å²) in [6.07, 6.45) is -0.277. The van der Waals surface area contributed by atoms with Gasteiger partial charge < -0.3 is 15.0 Å². The van der Waals surface area contributed by atoms with E-state index in [1.807, 2.05) is 72.5 Å². The average Bonchev–Trinajstić information content (AvgIpc) is 2.76. The minimum atomic E-state index is -0.277. The van der Waals surface area contributed by atoms with Gasteiger partial charge in [0, 0.05) is 32.7 Å². The lowest BCUT2D eigenvalue weighted by molar-refractivity contribution is -0.139. The first kappa shape index (κ1) is 21.0. The van der Waals surface area contributed by atoms with E-state index in [1.165, 1.54) is 0 Å². The first-order valence-electron chi connectivity index (χ1n) is 10.2. The van der Waals surface area contributed by atoms with Crippen LogP contribution >= 0.6 is 0 Å². The van der Waals surface area contributed by atoms with Crippen molar-refractivity contribution in [2.45, 2.75) is 13.0 Å². The fourth-order valence-electron chi connectivity index (χ4n) is 3.50. The molecule has 2 aromatic carbocycles. The molecule has 1 aliphatic rings. The Morgan fingerprint density at radius 3 is 2.00 bits per heavy atom. The third-order valence-corrected chi connectivity index (χ3v) is 5.04. The Kier molecular flexibility index (Phi) is 7.78. The first-order chi connectivity index (χ1) is 14.2. The highest BCUT2D eigenvalue weighted by Gasteiger charge is 2.24. The zero-order valence-corrected chi connectivity index (χ0v) is 16.9. The highest BCUT2D eigenvalue weighted by atomic mass is 16.5. The van der Waals surface area contributed by atoms with Gasteiger partial charge in [0.05, 0.1) is 6.54 Å². The number of hydrogen-bond donors (Lipinski definition) is 1. The Morgan fingerprint density at radius 2 is 1.48 bits per heavy atom. The van der Waals surface area contributed by atoms with E-state index in [9.17, 15) is 9.59 Å². The van der Waals surface area contributed by atoms with E-state index < -0.39 is 0 Å². The monoisotopic (exact) mass is 395 g/mol. The lowest BCUT2D eigenvalue weighted by Crippen LogP contribution is -2.51. The molecule has 6 nitrogen and oxygen atoms in total. The van der Waals surface area contributed by atoms with Crippen molar-refractivity contribution >= 4 is 11.8 Å². The van der Waals surface area contributed by atoms with Crippen LogP contribution in [0.2, 0.25) is 0 Å². The molecular weight excluding hydrogens is 366 g/mol. The summed E-state index contributed by atoms with van der Waals surface area (Å²) in [4.78, 5) is 28.3. The SMILES string of the molecule is CCNC(=O)CN1CCN(C(=O)COC(c2ccccc2)c2ccccc2)CC1. The van der Waals surface area contributed by atoms with E-state index in [0.717, 1.165) is 11.1 Å². The Bertz CT molecular complexity index is 735. The Labute approximate surface area is 172 Å². The van der Waals surface area contributed by atoms with Gasteiger partial charge in [-0.25, -0.2) is 0 Å². The van der Waals surface area contributed by atoms with E-state index in [4.69, 9.17) is 4.74 Å². The molecule has 0 atom stereocenters. The zero-order chi connectivity index (χ0) is 20.5. The molecule has 0 aliphatic carbocycles. The van der Waals surface area contributed by atoms with Gasteiger partial charge in [-0.2, -0.15) is 0 Å². The summed E-state index contributed by atoms with van der Waals surface area (Å²) in [6, 6.07) is 19.9. The van der Waals surface area contributed by atoms with Crippen molar-refractivity contribution in [2.75, 3.05) is 45.9 Å². The summed E-state index contributed by atoms with van der Waals surface area (Å²) in [5.41, 5.74) is 2.05. The highest BCUT2D eigenvalue weighted by Crippen LogP contribution is 2.25. The van der Waals surface area contributed by atoms with Gasteiger partial charge in [-0.3, -0.25) is 14.5 Å². The number of carbonyl (C=O) groups is 2. The minimum absolute atomic E-state index is 0.0143. The molecule has 0 bridgehead atoms. The van der Waals surface area contributed by atoms with Crippen molar-refractivity contribution in [3.05, 3.63) is 71.8 Å². The Balaban J connectivity index is 1.54. The molecule has 6 heteroatoms. The van der Waals surface area contributed by atoms with Crippen molar-refractivity contribution in [3.63, 3.8) is 0 Å². The van der Waals surface area contributed by atoms with Gasteiger partial charge >= 0.3 is 0 Å². The number of amides is 2. The number of ether oxygens (including phenoxy) is 1. The van der Waals surface area contributed by atoms with Crippen LogP contribution in [-0.4, -0.2) is 67.5 Å². The molecule has 0 saturated carbocycles. The van der Waals surface area contributed by atoms with Gasteiger partial charge in [0.15, 0.2) is 0 Å². The molecule has 0 radical (unpaired) electrons. The molecular formula is C23H29N3O3. The molecule has 1 saturated heterocycles. The summed E-state index contributed by atoms with van der Waals surface area (Å²) in [5.74, 6) is 0.0173. The second-order valence-corrected chi connectivity index (χ2v) is 7.12. The molecule has 1 fully saturated rings. The molecule has 3 rings (SSSR count). The molecule has 154 valence electrons. The normalized spacial score (nSPS) is 14.8. The third-order valence-electron chi connectivity index (χ3n) is 5.04. The Morgan fingerprint density at radius 1 is 0.931 bits per heavy atom. The smallest absolute Gasteiger partial charge is 0.248 e. The van der Waals surface area contributed by atoms with Crippen molar-refractivity contribution in [3.8, 4) is 0 Å². The van der Waals surface area contributed by atoms with Crippen LogP contribution in [0.15, 0.2) is 60.7 Å². The summed E-state index contributed by atoms with van der Waals surface area (Å²) in [5, 5.41) is 2.81. The largest absolute Gasteiger partial charge is 0.359 e. The average molecular weight is 396 g/mol. The lowest BCUT2D eigenvalue weighted by atomic mass is 10.0. The Hall–Kier alpha value is -2.70. The maximum atomic E-state index is 12.7. The second kappa shape index (κ2) is 10.7. The maximum Gasteiger partial charge on any atom is 0.248 e. The number of carbonyl (C=O) groups excluding carboxylic acids is 2. The topological polar surface area (TPSA) is 61.9 Å². The molecule has 1 aliphatic heterocycles. The van der Waals surface area contributed by atoms with E-state index in [-0.39, 0.29) is 24.5 Å².